The molecule has 6 unspecified atom stereocenters. The summed E-state index contributed by atoms with van der Waals surface area (Å²) in [6.45, 7) is 5.04. The quantitative estimate of drug-likeness (QED) is 0.0187. The summed E-state index contributed by atoms with van der Waals surface area (Å²) in [7, 11) is 0. The Morgan fingerprint density at radius 3 is 0.946 bits per heavy atom. The van der Waals surface area contributed by atoms with E-state index in [9.17, 15) is 68.7 Å². The number of carboxylic acids is 5. The van der Waals surface area contributed by atoms with Crippen LogP contribution in [0.4, 0.5) is 0 Å². The second-order valence-electron chi connectivity index (χ2n) is 32.5. The largest absolute Gasteiger partial charge is 0.480 e. The number of nitrogens with zero attached hydrogens (tertiary/aromatic N) is 3. The molecule has 0 aromatic rings. The van der Waals surface area contributed by atoms with E-state index in [2.05, 4.69) is 33.0 Å². The topological polar surface area (TPSA) is 323 Å². The van der Waals surface area contributed by atoms with E-state index in [1.807, 2.05) is 0 Å². The lowest BCUT2D eigenvalue weighted by Crippen LogP contribution is -2.55. The highest BCUT2D eigenvalue weighted by atomic mass is 16.6. The van der Waals surface area contributed by atoms with Gasteiger partial charge in [0.15, 0.2) is 6.10 Å². The fourth-order valence-electron chi connectivity index (χ4n) is 14.9. The molecule has 0 spiro atoms. The van der Waals surface area contributed by atoms with Crippen LogP contribution in [0.2, 0.25) is 0 Å². The van der Waals surface area contributed by atoms with Gasteiger partial charge >= 0.3 is 53.7 Å². The van der Waals surface area contributed by atoms with Crippen molar-refractivity contribution in [2.24, 2.45) is 11.8 Å². The molecule has 0 radical (unpaired) electrons. The summed E-state index contributed by atoms with van der Waals surface area (Å²) in [6, 6.07) is -2.48. The maximum atomic E-state index is 14.3. The van der Waals surface area contributed by atoms with Crippen LogP contribution in [0.5, 0.6) is 0 Å². The van der Waals surface area contributed by atoms with Crippen molar-refractivity contribution in [3.63, 3.8) is 0 Å². The molecular weight excluding hydrogens is 1430 g/mol. The number of hydrogen-bond acceptors (Lipinski definition) is 18. The third-order valence-corrected chi connectivity index (χ3v) is 22.0. The fraction of sp³-hybridized carbons (Fsp3) is 0.899. The number of ether oxygens (including phenoxy) is 5. The van der Waals surface area contributed by atoms with Gasteiger partial charge < -0.3 is 54.5 Å². The van der Waals surface area contributed by atoms with Gasteiger partial charge in [-0.3, -0.25) is 57.9 Å². The number of carbonyl (C=O) groups excluding carboxylic acids is 4. The highest BCUT2D eigenvalue weighted by Gasteiger charge is 2.42. The molecule has 0 saturated heterocycles. The van der Waals surface area contributed by atoms with Crippen LogP contribution < -0.4 is 5.32 Å². The monoisotopic (exact) mass is 1590 g/mol. The molecule has 0 bridgehead atoms. The average Bonchev–Trinajstić information content (AvgIpc) is 1.67. The van der Waals surface area contributed by atoms with E-state index in [1.165, 1.54) is 230 Å². The summed E-state index contributed by atoms with van der Waals surface area (Å²) >= 11 is 0. The lowest BCUT2D eigenvalue weighted by Gasteiger charge is -2.34. The molecule has 1 aliphatic carbocycles. The molecule has 0 aromatic heterocycles. The van der Waals surface area contributed by atoms with Crippen molar-refractivity contribution in [2.75, 3.05) is 85.3 Å². The van der Waals surface area contributed by atoms with Crippen molar-refractivity contribution >= 4 is 53.7 Å². The summed E-state index contributed by atoms with van der Waals surface area (Å²) in [4.78, 5) is 119. The minimum atomic E-state index is -1.63. The molecule has 1 saturated carbocycles. The third-order valence-electron chi connectivity index (χ3n) is 22.0. The first-order chi connectivity index (χ1) is 54.3. The number of carbonyl (C=O) groups is 9. The zero-order chi connectivity index (χ0) is 82.1. The molecule has 23 nitrogen and oxygen atoms in total. The van der Waals surface area contributed by atoms with Crippen LogP contribution in [-0.4, -0.2) is 204 Å². The van der Waals surface area contributed by atoms with E-state index < -0.39 is 105 Å². The number of unbranched alkanes of at least 4 members (excludes halogenated alkanes) is 48. The first-order valence-electron chi connectivity index (χ1n) is 45.6. The summed E-state index contributed by atoms with van der Waals surface area (Å²) in [5, 5.41) is 52.4. The molecule has 0 amide bonds. The van der Waals surface area contributed by atoms with Gasteiger partial charge in [0, 0.05) is 52.0 Å². The van der Waals surface area contributed by atoms with Crippen LogP contribution >= 0.6 is 0 Å². The molecule has 112 heavy (non-hydrogen) atoms. The molecule has 1 aliphatic rings. The standard InChI is InChI=1S/C89H164N4O19/c1-5-9-13-17-21-25-29-33-37-41-45-49-53-57-84(102)110-73-78(108-64-56-52-48-44-40-36-32-28-24-20-16-12-8-4)88(79(112-86(104)59-55-51-47-43-39-35-31-27-23-19-15-11-7-3)74-111-85(103)58-54-50-46-42-38-34-30-26-22-18-14-10-6-2)90-67-75-65-76(75)72-109-87(105)66-77(89(106)107)93(62-60-91(68-80(94)95)69-81(96)97)63-61-92(70-82(98)99)71-83(100)101/h75-79,88,90H,5-74H2,1-4H3,(H,94,95)(H,96,97)(H,98,99)(H,100,101)(H,106,107). The third kappa shape index (κ3) is 65.2. The van der Waals surface area contributed by atoms with Crippen LogP contribution in [0.1, 0.15) is 394 Å². The Balaban J connectivity index is 3.63. The summed E-state index contributed by atoms with van der Waals surface area (Å²) in [6.07, 6.45) is 59.0. The number of aliphatic carboxylic acids is 5. The first-order valence-corrected chi connectivity index (χ1v) is 45.6. The predicted octanol–water partition coefficient (Wildman–Crippen LogP) is 19.1. The van der Waals surface area contributed by atoms with Crippen molar-refractivity contribution in [3.05, 3.63) is 0 Å². The molecule has 6 N–H and O–H groups in total. The molecule has 23 heteroatoms. The lowest BCUT2D eigenvalue weighted by molar-refractivity contribution is -0.167. The van der Waals surface area contributed by atoms with E-state index in [1.54, 1.807) is 0 Å². The van der Waals surface area contributed by atoms with Crippen molar-refractivity contribution in [1.29, 1.82) is 0 Å². The van der Waals surface area contributed by atoms with E-state index in [4.69, 9.17) is 23.7 Å². The van der Waals surface area contributed by atoms with Gasteiger partial charge in [0.25, 0.3) is 0 Å². The van der Waals surface area contributed by atoms with Gasteiger partial charge in [0.05, 0.1) is 45.2 Å². The number of hydrogen-bond donors (Lipinski definition) is 6. The second kappa shape index (κ2) is 74.8. The van der Waals surface area contributed by atoms with Gasteiger partial charge in [-0.1, -0.05) is 336 Å². The first kappa shape index (κ1) is 105. The number of carboxylic acid groups (broad SMARTS) is 5. The highest BCUT2D eigenvalue weighted by Crippen LogP contribution is 2.38. The zero-order valence-electron chi connectivity index (χ0n) is 71.3. The summed E-state index contributed by atoms with van der Waals surface area (Å²) in [5.74, 6) is -9.28. The molecule has 654 valence electrons. The van der Waals surface area contributed by atoms with Gasteiger partial charge in [-0.2, -0.15) is 0 Å². The summed E-state index contributed by atoms with van der Waals surface area (Å²) in [5.41, 5.74) is 0. The number of esters is 4. The van der Waals surface area contributed by atoms with Crippen LogP contribution in [0.15, 0.2) is 0 Å². The Morgan fingerprint density at radius 2 is 0.634 bits per heavy atom. The van der Waals surface area contributed by atoms with E-state index >= 15 is 0 Å². The maximum Gasteiger partial charge on any atom is 0.321 e. The highest BCUT2D eigenvalue weighted by molar-refractivity contribution is 5.81. The molecule has 0 aliphatic heterocycles. The molecular formula is C89H164N4O19. The van der Waals surface area contributed by atoms with Gasteiger partial charge in [0.2, 0.25) is 0 Å². The van der Waals surface area contributed by atoms with Crippen LogP contribution in [-0.2, 0) is 66.8 Å². The minimum absolute atomic E-state index is 0.109. The van der Waals surface area contributed by atoms with Crippen LogP contribution in [0.25, 0.3) is 0 Å². The Labute approximate surface area is 678 Å². The second-order valence-corrected chi connectivity index (χ2v) is 32.5. The van der Waals surface area contributed by atoms with Gasteiger partial charge in [-0.15, -0.1) is 0 Å². The van der Waals surface area contributed by atoms with Gasteiger partial charge in [0.1, 0.15) is 25.4 Å². The fourth-order valence-corrected chi connectivity index (χ4v) is 14.9. The molecule has 1 fully saturated rings. The Bertz CT molecular complexity index is 2280. The number of nitrogens with one attached hydrogen (secondary N) is 1. The van der Waals surface area contributed by atoms with Gasteiger partial charge in [-0.05, 0) is 50.5 Å². The normalized spacial score (nSPS) is 14.5. The maximum absolute atomic E-state index is 14.3. The van der Waals surface area contributed by atoms with Crippen molar-refractivity contribution in [2.45, 2.75) is 418 Å². The number of rotatable bonds is 87. The van der Waals surface area contributed by atoms with Crippen molar-refractivity contribution in [1.82, 2.24) is 20.0 Å². The molecule has 1 rings (SSSR count). The average molecular weight is 1590 g/mol. The molecule has 6 atom stereocenters. The van der Waals surface area contributed by atoms with E-state index in [0.717, 1.165) is 99.7 Å². The van der Waals surface area contributed by atoms with Crippen LogP contribution in [0.3, 0.4) is 0 Å². The van der Waals surface area contributed by atoms with Gasteiger partial charge in [-0.25, -0.2) is 0 Å². The zero-order valence-corrected chi connectivity index (χ0v) is 71.3. The Morgan fingerprint density at radius 1 is 0.339 bits per heavy atom. The van der Waals surface area contributed by atoms with E-state index in [-0.39, 0.29) is 89.6 Å². The van der Waals surface area contributed by atoms with Crippen LogP contribution in [0, 0.1) is 11.8 Å². The minimum Gasteiger partial charge on any atom is -0.480 e. The molecule has 0 heterocycles. The summed E-state index contributed by atoms with van der Waals surface area (Å²) < 4.78 is 31.4. The van der Waals surface area contributed by atoms with Crippen molar-refractivity contribution < 1.29 is 92.4 Å². The predicted molar refractivity (Wildman–Crippen MR) is 444 cm³/mol. The lowest BCUT2D eigenvalue weighted by atomic mass is 10.0. The van der Waals surface area contributed by atoms with E-state index in [0.29, 0.717) is 32.3 Å². The Hall–Kier alpha value is -4.97. The Kier molecular flexibility index (Phi) is 70.2. The smallest absolute Gasteiger partial charge is 0.321 e. The molecule has 0 aromatic carbocycles. The SMILES string of the molecule is CCCCCCCCCCCCCCCOC(COC(=O)CCCCCCCCCCCCCCC)C(NCC1CC1COC(=O)CC(C(=O)O)N(CCN(CC(=O)O)CC(=O)O)CCN(CC(=O)O)CC(=O)O)C(COC(=O)CCCCCCCCCCCCCCC)OC(=O)CCCCCCCCCCCCCCC. The van der Waals surface area contributed by atoms with Crippen molar-refractivity contribution in [3.8, 4) is 0 Å².